The van der Waals surface area contributed by atoms with E-state index in [0.717, 1.165) is 5.56 Å². The van der Waals surface area contributed by atoms with Crippen molar-refractivity contribution < 1.29 is 36.0 Å². The molecule has 258 valence electrons. The molecule has 0 saturated carbocycles. The summed E-state index contributed by atoms with van der Waals surface area (Å²) >= 11 is 0.695. The van der Waals surface area contributed by atoms with E-state index in [4.69, 9.17) is 4.74 Å². The number of piperazine rings is 1. The van der Waals surface area contributed by atoms with Crippen LogP contribution in [-0.4, -0.2) is 81.7 Å². The Morgan fingerprint density at radius 3 is 2.25 bits per heavy atom. The van der Waals surface area contributed by atoms with Crippen molar-refractivity contribution in [3.8, 4) is 0 Å². The first-order chi connectivity index (χ1) is 23.0. The van der Waals surface area contributed by atoms with Crippen molar-refractivity contribution in [2.45, 2.75) is 77.0 Å². The number of nitrogens with zero attached hydrogens (tertiary/aromatic N) is 2. The fraction of sp³-hybridized carbons (Fsp3) is 0.424. The van der Waals surface area contributed by atoms with Crippen LogP contribution in [0, 0.1) is 0 Å². The Hall–Kier alpha value is -3.79. The SMILES string of the molecule is CCCN1C(=O)[C@H](CCCCNC(=O)OCc2ccccc2)NC(=O)C12CCN(S(=O)(=O)c1ccc(S(=O)(=O)c3ccccc3)s1)CC2. The van der Waals surface area contributed by atoms with E-state index < -0.39 is 37.5 Å². The molecule has 1 aromatic heterocycles. The highest BCUT2D eigenvalue weighted by Gasteiger charge is 2.54. The number of alkyl carbamates (subject to hydrolysis) is 1. The fourth-order valence-corrected chi connectivity index (χ4v) is 10.9. The molecule has 2 saturated heterocycles. The maximum absolute atomic E-state index is 13.7. The van der Waals surface area contributed by atoms with Crippen LogP contribution in [0.1, 0.15) is 51.0 Å². The van der Waals surface area contributed by atoms with Gasteiger partial charge in [-0.05, 0) is 68.4 Å². The van der Waals surface area contributed by atoms with Gasteiger partial charge in [-0.25, -0.2) is 21.6 Å². The molecule has 12 nitrogen and oxygen atoms in total. The van der Waals surface area contributed by atoms with E-state index >= 15 is 0 Å². The summed E-state index contributed by atoms with van der Waals surface area (Å²) in [4.78, 5) is 41.0. The summed E-state index contributed by atoms with van der Waals surface area (Å²) in [5.74, 6) is -0.496. The minimum atomic E-state index is -4.04. The number of hydrogen-bond donors (Lipinski definition) is 2. The number of carbonyl (C=O) groups is 3. The van der Waals surface area contributed by atoms with Crippen LogP contribution >= 0.6 is 11.3 Å². The molecule has 2 fully saturated rings. The summed E-state index contributed by atoms with van der Waals surface area (Å²) < 4.78 is 59.5. The molecule has 2 aromatic carbocycles. The largest absolute Gasteiger partial charge is 0.445 e. The second-order valence-electron chi connectivity index (χ2n) is 11.8. The molecule has 0 bridgehead atoms. The zero-order chi connectivity index (χ0) is 34.4. The molecule has 48 heavy (non-hydrogen) atoms. The smallest absolute Gasteiger partial charge is 0.407 e. The number of piperidine rings is 1. The summed E-state index contributed by atoms with van der Waals surface area (Å²) in [6.07, 6.45) is 1.90. The maximum Gasteiger partial charge on any atom is 0.407 e. The number of carbonyl (C=O) groups excluding carboxylic acids is 3. The van der Waals surface area contributed by atoms with Crippen molar-refractivity contribution in [2.24, 2.45) is 0 Å². The summed E-state index contributed by atoms with van der Waals surface area (Å²) in [7, 11) is -7.91. The van der Waals surface area contributed by atoms with E-state index in [1.165, 1.54) is 28.6 Å². The molecule has 0 radical (unpaired) electrons. The Morgan fingerprint density at radius 2 is 1.58 bits per heavy atom. The standard InChI is InChI=1S/C33H40N4O8S3/c1-2-21-37-30(38)27(15-9-10-20-34-32(40)45-24-25-11-5-3-6-12-25)35-31(39)33(37)18-22-36(23-19-33)48(43,44)29-17-16-28(46-29)47(41,42)26-13-7-4-8-14-26/h3-8,11-14,16-17,27H,2,9-10,15,18-24H2,1H3,(H,34,40)(H,35,39)/t27-/m0/s1. The lowest BCUT2D eigenvalue weighted by Crippen LogP contribution is -2.73. The van der Waals surface area contributed by atoms with Crippen LogP contribution in [0.4, 0.5) is 4.79 Å². The number of benzene rings is 2. The lowest BCUT2D eigenvalue weighted by molar-refractivity contribution is -0.160. The predicted molar refractivity (Wildman–Crippen MR) is 179 cm³/mol. The van der Waals surface area contributed by atoms with Gasteiger partial charge < -0.3 is 20.3 Å². The number of nitrogens with one attached hydrogen (secondary N) is 2. The lowest BCUT2D eigenvalue weighted by Gasteiger charge is -2.51. The Kier molecular flexibility index (Phi) is 11.2. The number of rotatable bonds is 13. The van der Waals surface area contributed by atoms with Crippen molar-refractivity contribution >= 4 is 49.1 Å². The Bertz CT molecular complexity index is 1810. The summed E-state index contributed by atoms with van der Waals surface area (Å²) in [6.45, 7) is 2.80. The van der Waals surface area contributed by atoms with Crippen LogP contribution in [0.15, 0.2) is 86.1 Å². The number of sulfonamides is 1. The van der Waals surface area contributed by atoms with E-state index in [1.807, 2.05) is 37.3 Å². The molecule has 15 heteroatoms. The minimum absolute atomic E-state index is 0.00136. The van der Waals surface area contributed by atoms with Crippen LogP contribution in [0.2, 0.25) is 0 Å². The Labute approximate surface area is 285 Å². The molecule has 0 aliphatic carbocycles. The average molecular weight is 717 g/mol. The minimum Gasteiger partial charge on any atom is -0.445 e. The molecule has 3 aromatic rings. The number of amides is 3. The van der Waals surface area contributed by atoms with Crippen molar-refractivity contribution in [1.82, 2.24) is 19.8 Å². The highest BCUT2D eigenvalue weighted by atomic mass is 32.3. The number of unbranched alkanes of at least 4 members (excludes halogenated alkanes) is 1. The number of thiophene rings is 1. The van der Waals surface area contributed by atoms with Crippen LogP contribution in [0.5, 0.6) is 0 Å². The molecule has 1 atom stereocenters. The molecule has 2 aliphatic heterocycles. The molecule has 1 spiro atoms. The molecule has 5 rings (SSSR count). The van der Waals surface area contributed by atoms with E-state index in [2.05, 4.69) is 10.6 Å². The van der Waals surface area contributed by atoms with Crippen LogP contribution in [0.3, 0.4) is 0 Å². The van der Waals surface area contributed by atoms with Crippen molar-refractivity contribution in [1.29, 1.82) is 0 Å². The topological polar surface area (TPSA) is 159 Å². The van der Waals surface area contributed by atoms with Gasteiger partial charge in [-0.3, -0.25) is 9.59 Å². The van der Waals surface area contributed by atoms with E-state index in [-0.39, 0.29) is 57.7 Å². The van der Waals surface area contributed by atoms with Crippen LogP contribution in [-0.2, 0) is 40.8 Å². The molecule has 3 amide bonds. The second kappa shape index (κ2) is 15.2. The van der Waals surface area contributed by atoms with Gasteiger partial charge in [0.15, 0.2) is 0 Å². The van der Waals surface area contributed by atoms with Gasteiger partial charge in [-0.2, -0.15) is 4.31 Å². The number of ether oxygens (including phenoxy) is 1. The monoisotopic (exact) mass is 716 g/mol. The number of hydrogen-bond acceptors (Lipinski definition) is 9. The lowest BCUT2D eigenvalue weighted by atomic mass is 9.81. The third-order valence-electron chi connectivity index (χ3n) is 8.68. The maximum atomic E-state index is 13.7. The zero-order valence-corrected chi connectivity index (χ0v) is 29.1. The summed E-state index contributed by atoms with van der Waals surface area (Å²) in [5, 5.41) is 5.60. The Morgan fingerprint density at radius 1 is 0.938 bits per heavy atom. The Balaban J connectivity index is 1.15. The van der Waals surface area contributed by atoms with E-state index in [0.29, 0.717) is 50.1 Å². The van der Waals surface area contributed by atoms with Gasteiger partial charge in [0.25, 0.3) is 10.0 Å². The molecule has 0 unspecified atom stereocenters. The zero-order valence-electron chi connectivity index (χ0n) is 26.7. The van der Waals surface area contributed by atoms with Gasteiger partial charge in [0.2, 0.25) is 21.7 Å². The molecular weight excluding hydrogens is 677 g/mol. The van der Waals surface area contributed by atoms with Gasteiger partial charge in [-0.1, -0.05) is 55.5 Å². The first kappa shape index (κ1) is 35.5. The molecule has 2 N–H and O–H groups in total. The average Bonchev–Trinajstić information content (AvgIpc) is 3.62. The van der Waals surface area contributed by atoms with Gasteiger partial charge in [0.05, 0.1) is 4.90 Å². The van der Waals surface area contributed by atoms with Crippen molar-refractivity contribution in [3.63, 3.8) is 0 Å². The third-order valence-corrected chi connectivity index (χ3v) is 14.4. The molecular formula is C33H40N4O8S3. The summed E-state index contributed by atoms with van der Waals surface area (Å²) in [5.41, 5.74) is -0.286. The normalized spacial score (nSPS) is 18.4. The first-order valence-electron chi connectivity index (χ1n) is 16.0. The van der Waals surface area contributed by atoms with Crippen molar-refractivity contribution in [2.75, 3.05) is 26.2 Å². The molecule has 3 heterocycles. The quantitative estimate of drug-likeness (QED) is 0.252. The van der Waals surface area contributed by atoms with Gasteiger partial charge in [-0.15, -0.1) is 11.3 Å². The van der Waals surface area contributed by atoms with Gasteiger partial charge in [0.1, 0.15) is 26.6 Å². The predicted octanol–water partition coefficient (Wildman–Crippen LogP) is 3.94. The van der Waals surface area contributed by atoms with Crippen molar-refractivity contribution in [3.05, 3.63) is 78.4 Å². The van der Waals surface area contributed by atoms with Gasteiger partial charge >= 0.3 is 6.09 Å². The van der Waals surface area contributed by atoms with Crippen LogP contribution < -0.4 is 10.6 Å². The third kappa shape index (κ3) is 7.59. The van der Waals surface area contributed by atoms with Gasteiger partial charge in [0, 0.05) is 26.2 Å². The highest BCUT2D eigenvalue weighted by molar-refractivity contribution is 7.95. The van der Waals surface area contributed by atoms with Crippen LogP contribution in [0.25, 0.3) is 0 Å². The van der Waals surface area contributed by atoms with E-state index in [9.17, 15) is 31.2 Å². The molecule has 2 aliphatic rings. The highest BCUT2D eigenvalue weighted by Crippen LogP contribution is 2.37. The summed E-state index contributed by atoms with van der Waals surface area (Å²) in [6, 6.07) is 19.1. The second-order valence-corrected chi connectivity index (χ2v) is 17.3. The fourth-order valence-electron chi connectivity index (χ4n) is 6.08. The van der Waals surface area contributed by atoms with E-state index in [1.54, 1.807) is 23.1 Å². The first-order valence-corrected chi connectivity index (χ1v) is 19.7. The number of sulfone groups is 1.